The maximum Gasteiger partial charge on any atom is 0.277 e. The lowest BCUT2D eigenvalue weighted by Gasteiger charge is -2.07. The smallest absolute Gasteiger partial charge is 0.277 e. The largest absolute Gasteiger partial charge is 0.495 e. The molecule has 0 bridgehead atoms. The van der Waals surface area contributed by atoms with E-state index in [9.17, 15) is 14.9 Å². The molecule has 2 aromatic carbocycles. The van der Waals surface area contributed by atoms with Gasteiger partial charge in [0.2, 0.25) is 0 Å². The summed E-state index contributed by atoms with van der Waals surface area (Å²) >= 11 is 9.15. The zero-order chi connectivity index (χ0) is 19.1. The van der Waals surface area contributed by atoms with Crippen LogP contribution < -0.4 is 14.9 Å². The Labute approximate surface area is 162 Å². The summed E-state index contributed by atoms with van der Waals surface area (Å²) in [6.07, 6.45) is 1.42. The van der Waals surface area contributed by atoms with Crippen molar-refractivity contribution < 1.29 is 19.2 Å². The highest BCUT2D eigenvalue weighted by molar-refractivity contribution is 9.10. The fourth-order valence-electron chi connectivity index (χ4n) is 1.84. The van der Waals surface area contributed by atoms with Crippen LogP contribution in [0.4, 0.5) is 5.69 Å². The molecule has 0 heterocycles. The molecule has 2 rings (SSSR count). The van der Waals surface area contributed by atoms with Crippen LogP contribution in [0.25, 0.3) is 0 Å². The van der Waals surface area contributed by atoms with E-state index in [2.05, 4.69) is 26.5 Å². The Morgan fingerprint density at radius 1 is 1.35 bits per heavy atom. The van der Waals surface area contributed by atoms with Gasteiger partial charge in [-0.1, -0.05) is 11.6 Å². The molecule has 10 heteroatoms. The maximum absolute atomic E-state index is 11.7. The second-order valence-electron chi connectivity index (χ2n) is 4.85. The number of non-ortho nitro benzene ring substituents is 1. The molecule has 0 unspecified atom stereocenters. The van der Waals surface area contributed by atoms with Crippen molar-refractivity contribution in [1.82, 2.24) is 5.43 Å². The van der Waals surface area contributed by atoms with Gasteiger partial charge in [-0.05, 0) is 45.8 Å². The van der Waals surface area contributed by atoms with E-state index in [4.69, 9.17) is 21.1 Å². The van der Waals surface area contributed by atoms with Crippen LogP contribution in [0.2, 0.25) is 5.02 Å². The maximum atomic E-state index is 11.7. The number of carbonyl (C=O) groups excluding carboxylic acids is 1. The topological polar surface area (TPSA) is 103 Å². The van der Waals surface area contributed by atoms with Gasteiger partial charge >= 0.3 is 0 Å². The first kappa shape index (κ1) is 19.7. The Bertz CT molecular complexity index is 860. The number of nitrogens with one attached hydrogen (secondary N) is 1. The van der Waals surface area contributed by atoms with Crippen LogP contribution in [0.5, 0.6) is 11.5 Å². The van der Waals surface area contributed by atoms with Crippen LogP contribution >= 0.6 is 27.5 Å². The number of amides is 1. The molecule has 0 atom stereocenters. The average Bonchev–Trinajstić information content (AvgIpc) is 2.60. The third-order valence-electron chi connectivity index (χ3n) is 3.06. The Balaban J connectivity index is 1.87. The quantitative estimate of drug-likeness (QED) is 0.401. The Kier molecular flexibility index (Phi) is 6.93. The van der Waals surface area contributed by atoms with Gasteiger partial charge in [0.25, 0.3) is 11.6 Å². The standard InChI is InChI=1S/C16H13BrClN3O5/c1-25-15-4-2-10(6-13(15)18)8-19-20-16(22)9-26-14-5-3-11(21(23)24)7-12(14)17/h2-8H,9H2,1H3,(H,20,22)/b19-8+. The molecule has 0 aliphatic heterocycles. The normalized spacial score (nSPS) is 10.6. The molecular weight excluding hydrogens is 430 g/mol. The van der Waals surface area contributed by atoms with Crippen LogP contribution in [0.1, 0.15) is 5.56 Å². The first-order valence-corrected chi connectivity index (χ1v) is 8.30. The number of carbonyl (C=O) groups is 1. The Hall–Kier alpha value is -2.65. The molecule has 0 saturated heterocycles. The van der Waals surface area contributed by atoms with Gasteiger partial charge in [0.05, 0.1) is 27.7 Å². The molecule has 0 aromatic heterocycles. The van der Waals surface area contributed by atoms with Gasteiger partial charge in [0.15, 0.2) is 6.61 Å². The van der Waals surface area contributed by atoms with Gasteiger partial charge < -0.3 is 9.47 Å². The van der Waals surface area contributed by atoms with Gasteiger partial charge in [0, 0.05) is 12.1 Å². The van der Waals surface area contributed by atoms with Crippen molar-refractivity contribution in [3.63, 3.8) is 0 Å². The number of halogens is 2. The molecule has 1 N–H and O–H groups in total. The third kappa shape index (κ3) is 5.43. The molecule has 0 saturated carbocycles. The van der Waals surface area contributed by atoms with Crippen molar-refractivity contribution in [1.29, 1.82) is 0 Å². The summed E-state index contributed by atoms with van der Waals surface area (Å²) in [5.41, 5.74) is 2.90. The average molecular weight is 443 g/mol. The number of hydrogen-bond acceptors (Lipinski definition) is 6. The first-order valence-electron chi connectivity index (χ1n) is 7.13. The van der Waals surface area contributed by atoms with E-state index in [0.29, 0.717) is 26.6 Å². The Morgan fingerprint density at radius 3 is 2.69 bits per heavy atom. The molecule has 1 amide bonds. The summed E-state index contributed by atoms with van der Waals surface area (Å²) in [5.74, 6) is 0.345. The number of ether oxygens (including phenoxy) is 2. The van der Waals surface area contributed by atoms with E-state index in [-0.39, 0.29) is 12.3 Å². The number of hydrazone groups is 1. The lowest BCUT2D eigenvalue weighted by Crippen LogP contribution is -2.24. The summed E-state index contributed by atoms with van der Waals surface area (Å²) in [5, 5.41) is 14.9. The van der Waals surface area contributed by atoms with E-state index >= 15 is 0 Å². The van der Waals surface area contributed by atoms with Crippen molar-refractivity contribution in [3.05, 3.63) is 61.6 Å². The highest BCUT2D eigenvalue weighted by Crippen LogP contribution is 2.29. The highest BCUT2D eigenvalue weighted by Gasteiger charge is 2.11. The minimum absolute atomic E-state index is 0.0866. The lowest BCUT2D eigenvalue weighted by atomic mass is 10.2. The van der Waals surface area contributed by atoms with E-state index < -0.39 is 10.8 Å². The number of benzene rings is 2. The van der Waals surface area contributed by atoms with Crippen molar-refractivity contribution >= 4 is 45.3 Å². The number of rotatable bonds is 7. The predicted molar refractivity (Wildman–Crippen MR) is 100 cm³/mol. The molecule has 0 fully saturated rings. The fraction of sp³-hybridized carbons (Fsp3) is 0.125. The van der Waals surface area contributed by atoms with Gasteiger partial charge in [-0.3, -0.25) is 14.9 Å². The molecule has 2 aromatic rings. The van der Waals surface area contributed by atoms with Gasteiger partial charge in [-0.2, -0.15) is 5.10 Å². The van der Waals surface area contributed by atoms with Crippen molar-refractivity contribution in [2.45, 2.75) is 0 Å². The molecule has 136 valence electrons. The molecule has 26 heavy (non-hydrogen) atoms. The van der Waals surface area contributed by atoms with Crippen LogP contribution in [-0.2, 0) is 4.79 Å². The minimum atomic E-state index is -0.526. The monoisotopic (exact) mass is 441 g/mol. The molecule has 0 aliphatic rings. The SMILES string of the molecule is COc1ccc(/C=N/NC(=O)COc2ccc([N+](=O)[O-])cc2Br)cc1Cl. The van der Waals surface area contributed by atoms with Crippen LogP contribution in [-0.4, -0.2) is 30.8 Å². The summed E-state index contributed by atoms with van der Waals surface area (Å²) < 4.78 is 10.7. The number of nitro benzene ring substituents is 1. The second kappa shape index (κ2) is 9.16. The third-order valence-corrected chi connectivity index (χ3v) is 3.98. The molecule has 0 radical (unpaired) electrons. The summed E-state index contributed by atoms with van der Waals surface area (Å²) in [4.78, 5) is 21.9. The van der Waals surface area contributed by atoms with Crippen LogP contribution in [0.3, 0.4) is 0 Å². The van der Waals surface area contributed by atoms with Crippen LogP contribution in [0, 0.1) is 10.1 Å². The first-order chi connectivity index (χ1) is 12.4. The number of nitro groups is 1. The number of nitrogens with zero attached hydrogens (tertiary/aromatic N) is 2. The number of hydrogen-bond donors (Lipinski definition) is 1. The van der Waals surface area contributed by atoms with Gasteiger partial charge in [-0.25, -0.2) is 5.43 Å². The summed E-state index contributed by atoms with van der Waals surface area (Å²) in [6, 6.07) is 9.02. The van der Waals surface area contributed by atoms with Gasteiger partial charge in [-0.15, -0.1) is 0 Å². The van der Waals surface area contributed by atoms with E-state index in [1.165, 1.54) is 31.5 Å². The molecule has 0 aliphatic carbocycles. The van der Waals surface area contributed by atoms with E-state index in [1.807, 2.05) is 0 Å². The van der Waals surface area contributed by atoms with E-state index in [0.717, 1.165) is 0 Å². The van der Waals surface area contributed by atoms with Gasteiger partial charge in [0.1, 0.15) is 11.5 Å². The predicted octanol–water partition coefficient (Wildman–Crippen LogP) is 3.55. The minimum Gasteiger partial charge on any atom is -0.495 e. The second-order valence-corrected chi connectivity index (χ2v) is 6.11. The fourth-order valence-corrected chi connectivity index (χ4v) is 2.58. The van der Waals surface area contributed by atoms with Crippen LogP contribution in [0.15, 0.2) is 46.0 Å². The van der Waals surface area contributed by atoms with E-state index in [1.54, 1.807) is 18.2 Å². The number of methoxy groups -OCH3 is 1. The molecule has 8 nitrogen and oxygen atoms in total. The zero-order valence-corrected chi connectivity index (χ0v) is 15.8. The molecular formula is C16H13BrClN3O5. The lowest BCUT2D eigenvalue weighted by molar-refractivity contribution is -0.384. The summed E-state index contributed by atoms with van der Waals surface area (Å²) in [7, 11) is 1.51. The molecule has 0 spiro atoms. The van der Waals surface area contributed by atoms with Crippen molar-refractivity contribution in [2.24, 2.45) is 5.10 Å². The zero-order valence-electron chi connectivity index (χ0n) is 13.4. The van der Waals surface area contributed by atoms with Crippen molar-refractivity contribution in [3.8, 4) is 11.5 Å². The Morgan fingerprint density at radius 2 is 2.08 bits per heavy atom. The highest BCUT2D eigenvalue weighted by atomic mass is 79.9. The van der Waals surface area contributed by atoms with Crippen molar-refractivity contribution in [2.75, 3.05) is 13.7 Å². The summed E-state index contributed by atoms with van der Waals surface area (Å²) in [6.45, 7) is -0.308.